The Kier molecular flexibility index (Phi) is 3.13. The van der Waals surface area contributed by atoms with Crippen LogP contribution in [0.4, 0.5) is 11.4 Å². The highest BCUT2D eigenvalue weighted by molar-refractivity contribution is 5.58. The second kappa shape index (κ2) is 4.92. The molecule has 2 nitrogen and oxygen atoms in total. The van der Waals surface area contributed by atoms with Gasteiger partial charge in [-0.05, 0) is 24.3 Å². The summed E-state index contributed by atoms with van der Waals surface area (Å²) in [5.41, 5.74) is 2.79. The predicted molar refractivity (Wildman–Crippen MR) is 76.9 cm³/mol. The molecule has 0 radical (unpaired) electrons. The third-order valence-electron chi connectivity index (χ3n) is 3.84. The summed E-state index contributed by atoms with van der Waals surface area (Å²) >= 11 is 0. The molecule has 0 bridgehead atoms. The molecule has 1 heterocycles. The number of nitrogens with one attached hydrogen (secondary N) is 1. The summed E-state index contributed by atoms with van der Waals surface area (Å²) in [4.78, 5) is 0. The Morgan fingerprint density at radius 1 is 0.667 bits per heavy atom. The van der Waals surface area contributed by atoms with Crippen LogP contribution in [0.3, 0.4) is 0 Å². The van der Waals surface area contributed by atoms with Gasteiger partial charge in [0.1, 0.15) is 24.5 Å². The average Bonchev–Trinajstić information content (AvgIpc) is 2.50. The summed E-state index contributed by atoms with van der Waals surface area (Å²) < 4.78 is 0.967. The average molecular weight is 239 g/mol. The van der Waals surface area contributed by atoms with Gasteiger partial charge >= 0.3 is 0 Å². The highest BCUT2D eigenvalue weighted by Gasteiger charge is 2.34. The van der Waals surface area contributed by atoms with E-state index < -0.39 is 0 Å². The maximum atomic E-state index is 3.46. The normalized spacial score (nSPS) is 18.4. The molecular formula is C16H19N2+. The van der Waals surface area contributed by atoms with E-state index >= 15 is 0 Å². The Bertz CT molecular complexity index is 446. The van der Waals surface area contributed by atoms with Crippen molar-refractivity contribution >= 4 is 11.4 Å². The van der Waals surface area contributed by atoms with E-state index in [2.05, 4.69) is 66.0 Å². The molecule has 3 rings (SSSR count). The number of para-hydroxylation sites is 2. The van der Waals surface area contributed by atoms with Gasteiger partial charge in [-0.15, -0.1) is 0 Å². The minimum Gasteiger partial charge on any atom is -0.306 e. The lowest BCUT2D eigenvalue weighted by Gasteiger charge is -2.40. The van der Waals surface area contributed by atoms with E-state index in [0.717, 1.165) is 30.7 Å². The third-order valence-corrected chi connectivity index (χ3v) is 3.84. The van der Waals surface area contributed by atoms with Crippen molar-refractivity contribution in [3.63, 3.8) is 0 Å². The molecule has 2 aromatic carbocycles. The van der Waals surface area contributed by atoms with E-state index in [-0.39, 0.29) is 0 Å². The molecule has 1 N–H and O–H groups in total. The first-order valence-electron chi connectivity index (χ1n) is 6.61. The smallest absolute Gasteiger partial charge is 0.137 e. The van der Waals surface area contributed by atoms with Crippen LogP contribution in [0.2, 0.25) is 0 Å². The van der Waals surface area contributed by atoms with Gasteiger partial charge in [-0.2, -0.15) is 0 Å². The molecular weight excluding hydrogens is 220 g/mol. The molecule has 1 saturated heterocycles. The Hall–Kier alpha value is -1.64. The maximum absolute atomic E-state index is 3.46. The fourth-order valence-corrected chi connectivity index (χ4v) is 2.87. The van der Waals surface area contributed by atoms with Crippen molar-refractivity contribution < 1.29 is 0 Å². The van der Waals surface area contributed by atoms with E-state index in [0.29, 0.717) is 0 Å². The first kappa shape index (κ1) is 11.5. The molecule has 1 aliphatic heterocycles. The lowest BCUT2D eigenvalue weighted by molar-refractivity contribution is 0.330. The van der Waals surface area contributed by atoms with Gasteiger partial charge in [0.25, 0.3) is 0 Å². The lowest BCUT2D eigenvalue weighted by atomic mass is 10.1. The van der Waals surface area contributed by atoms with Gasteiger partial charge in [0.05, 0.1) is 0 Å². The van der Waals surface area contributed by atoms with Gasteiger partial charge in [-0.1, -0.05) is 36.4 Å². The Morgan fingerprint density at radius 2 is 1.11 bits per heavy atom. The number of hydrogen-bond acceptors (Lipinski definition) is 1. The molecule has 1 aliphatic rings. The molecule has 18 heavy (non-hydrogen) atoms. The molecule has 0 unspecified atom stereocenters. The molecule has 2 aromatic rings. The van der Waals surface area contributed by atoms with Gasteiger partial charge in [0.2, 0.25) is 0 Å². The molecule has 0 saturated carbocycles. The molecule has 1 fully saturated rings. The topological polar surface area (TPSA) is 12.0 Å². The lowest BCUT2D eigenvalue weighted by Crippen LogP contribution is -2.56. The summed E-state index contributed by atoms with van der Waals surface area (Å²) in [6.45, 7) is 4.38. The summed E-state index contributed by atoms with van der Waals surface area (Å²) in [5, 5.41) is 3.46. The van der Waals surface area contributed by atoms with Crippen LogP contribution < -0.4 is 9.80 Å². The molecule has 0 atom stereocenters. The van der Waals surface area contributed by atoms with Crippen LogP contribution in [0, 0.1) is 0 Å². The monoisotopic (exact) mass is 239 g/mol. The maximum Gasteiger partial charge on any atom is 0.137 e. The Balaban J connectivity index is 2.10. The van der Waals surface area contributed by atoms with Crippen molar-refractivity contribution in [3.8, 4) is 0 Å². The molecule has 0 aromatic heterocycles. The van der Waals surface area contributed by atoms with Crippen molar-refractivity contribution in [1.29, 1.82) is 0 Å². The largest absolute Gasteiger partial charge is 0.306 e. The van der Waals surface area contributed by atoms with Crippen molar-refractivity contribution in [3.05, 3.63) is 60.7 Å². The summed E-state index contributed by atoms with van der Waals surface area (Å²) in [6, 6.07) is 21.7. The van der Waals surface area contributed by atoms with E-state index in [1.54, 1.807) is 0 Å². The SMILES string of the molecule is c1ccc([N+]2(c3ccccc3)CCNCC2)cc1. The Morgan fingerprint density at radius 3 is 1.56 bits per heavy atom. The number of quaternary nitrogens is 1. The molecule has 2 heteroatoms. The molecule has 0 amide bonds. The van der Waals surface area contributed by atoms with Crippen LogP contribution in [-0.2, 0) is 0 Å². The van der Waals surface area contributed by atoms with E-state index in [9.17, 15) is 0 Å². The Labute approximate surface area is 108 Å². The van der Waals surface area contributed by atoms with Crippen molar-refractivity contribution in [2.45, 2.75) is 0 Å². The van der Waals surface area contributed by atoms with E-state index in [1.165, 1.54) is 11.4 Å². The minimum atomic E-state index is 0.967. The molecule has 92 valence electrons. The number of hydrogen-bond donors (Lipinski definition) is 1. The van der Waals surface area contributed by atoms with Gasteiger partial charge in [-0.25, -0.2) is 0 Å². The fourth-order valence-electron chi connectivity index (χ4n) is 2.87. The summed E-state index contributed by atoms with van der Waals surface area (Å²) in [5.74, 6) is 0. The zero-order valence-corrected chi connectivity index (χ0v) is 10.5. The van der Waals surface area contributed by atoms with Crippen LogP contribution in [0.5, 0.6) is 0 Å². The highest BCUT2D eigenvalue weighted by atomic mass is 15.4. The zero-order chi connectivity index (χ0) is 12.3. The van der Waals surface area contributed by atoms with Crippen molar-refractivity contribution in [1.82, 2.24) is 9.80 Å². The van der Waals surface area contributed by atoms with Crippen LogP contribution in [0.1, 0.15) is 0 Å². The number of rotatable bonds is 2. The van der Waals surface area contributed by atoms with Crippen molar-refractivity contribution in [2.24, 2.45) is 0 Å². The number of nitrogens with zero attached hydrogens (tertiary/aromatic N) is 1. The first-order valence-corrected chi connectivity index (χ1v) is 6.61. The minimum absolute atomic E-state index is 0.967. The molecule has 0 aliphatic carbocycles. The van der Waals surface area contributed by atoms with Gasteiger partial charge in [0.15, 0.2) is 0 Å². The van der Waals surface area contributed by atoms with Gasteiger partial charge < -0.3 is 5.32 Å². The van der Waals surface area contributed by atoms with E-state index in [1.807, 2.05) is 0 Å². The number of benzene rings is 2. The van der Waals surface area contributed by atoms with Crippen LogP contribution in [-0.4, -0.2) is 26.2 Å². The van der Waals surface area contributed by atoms with Crippen molar-refractivity contribution in [2.75, 3.05) is 26.2 Å². The predicted octanol–water partition coefficient (Wildman–Crippen LogP) is 2.93. The summed E-state index contributed by atoms with van der Waals surface area (Å²) in [6.07, 6.45) is 0. The second-order valence-electron chi connectivity index (χ2n) is 4.84. The summed E-state index contributed by atoms with van der Waals surface area (Å²) in [7, 11) is 0. The second-order valence-corrected chi connectivity index (χ2v) is 4.84. The zero-order valence-electron chi connectivity index (χ0n) is 10.5. The van der Waals surface area contributed by atoms with Gasteiger partial charge in [0, 0.05) is 13.1 Å². The molecule has 0 spiro atoms. The van der Waals surface area contributed by atoms with Crippen LogP contribution in [0.15, 0.2) is 60.7 Å². The third kappa shape index (κ3) is 1.94. The number of piperazine rings is 1. The quantitative estimate of drug-likeness (QED) is 0.795. The first-order chi connectivity index (χ1) is 8.92. The highest BCUT2D eigenvalue weighted by Crippen LogP contribution is 2.34. The van der Waals surface area contributed by atoms with Crippen LogP contribution >= 0.6 is 0 Å². The van der Waals surface area contributed by atoms with E-state index in [4.69, 9.17) is 0 Å². The fraction of sp³-hybridized carbons (Fsp3) is 0.250. The van der Waals surface area contributed by atoms with Gasteiger partial charge in [-0.3, -0.25) is 4.48 Å². The van der Waals surface area contributed by atoms with Crippen LogP contribution in [0.25, 0.3) is 0 Å². The standard InChI is InChI=1S/C16H19N2/c1-3-7-15(8-4-1)18(13-11-17-12-14-18)16-9-5-2-6-10-16/h1-10,17H,11-14H2/q+1.